The number of rotatable bonds is 6. The van der Waals surface area contributed by atoms with Gasteiger partial charge < -0.3 is 20.2 Å². The Balaban J connectivity index is 1.43. The van der Waals surface area contributed by atoms with Crippen LogP contribution in [-0.2, 0) is 22.4 Å². The molecule has 0 aliphatic heterocycles. The molecule has 0 fully saturated rings. The van der Waals surface area contributed by atoms with E-state index in [1.807, 2.05) is 18.2 Å². The van der Waals surface area contributed by atoms with Gasteiger partial charge in [0, 0.05) is 17.4 Å². The van der Waals surface area contributed by atoms with Crippen LogP contribution < -0.4 is 15.8 Å². The van der Waals surface area contributed by atoms with Crippen LogP contribution in [0.1, 0.15) is 35.8 Å². The molecule has 0 unspecified atom stereocenters. The van der Waals surface area contributed by atoms with E-state index in [0.29, 0.717) is 11.3 Å². The number of hydrogen-bond acceptors (Lipinski definition) is 4. The molecule has 3 N–H and O–H groups in total. The third-order valence-corrected chi connectivity index (χ3v) is 5.02. The third kappa shape index (κ3) is 3.71. The second-order valence-corrected chi connectivity index (χ2v) is 6.97. The van der Waals surface area contributed by atoms with E-state index in [2.05, 4.69) is 5.32 Å². The van der Waals surface area contributed by atoms with Gasteiger partial charge in [-0.25, -0.2) is 0 Å². The zero-order chi connectivity index (χ0) is 19.5. The van der Waals surface area contributed by atoms with Crippen molar-refractivity contribution < 1.29 is 18.7 Å². The van der Waals surface area contributed by atoms with E-state index in [0.717, 1.165) is 42.4 Å². The van der Waals surface area contributed by atoms with E-state index < -0.39 is 17.9 Å². The highest BCUT2D eigenvalue weighted by Crippen LogP contribution is 2.33. The lowest BCUT2D eigenvalue weighted by atomic mass is 9.96. The average Bonchev–Trinajstić information content (AvgIpc) is 3.09. The Bertz CT molecular complexity index is 1010. The van der Waals surface area contributed by atoms with E-state index in [4.69, 9.17) is 14.9 Å². The molecule has 28 heavy (non-hydrogen) atoms. The number of furan rings is 1. The van der Waals surface area contributed by atoms with Gasteiger partial charge in [0.2, 0.25) is 5.91 Å². The lowest BCUT2D eigenvalue weighted by Crippen LogP contribution is -2.39. The van der Waals surface area contributed by atoms with Gasteiger partial charge in [0.15, 0.2) is 6.61 Å². The third-order valence-electron chi connectivity index (χ3n) is 5.02. The molecule has 6 nitrogen and oxygen atoms in total. The summed E-state index contributed by atoms with van der Waals surface area (Å²) < 4.78 is 11.6. The zero-order valence-corrected chi connectivity index (χ0v) is 15.4. The van der Waals surface area contributed by atoms with Crippen LogP contribution in [0.25, 0.3) is 11.0 Å². The lowest BCUT2D eigenvalue weighted by Gasteiger charge is -2.16. The van der Waals surface area contributed by atoms with Gasteiger partial charge in [0.1, 0.15) is 23.1 Å². The summed E-state index contributed by atoms with van der Waals surface area (Å²) in [5, 5.41) is 3.68. The van der Waals surface area contributed by atoms with Crippen molar-refractivity contribution in [2.24, 2.45) is 5.73 Å². The monoisotopic (exact) mass is 378 g/mol. The van der Waals surface area contributed by atoms with Crippen LogP contribution in [0.15, 0.2) is 52.9 Å². The molecule has 2 amide bonds. The van der Waals surface area contributed by atoms with E-state index in [1.54, 1.807) is 30.3 Å². The zero-order valence-electron chi connectivity index (χ0n) is 15.4. The number of fused-ring (bicyclic) bond motifs is 3. The summed E-state index contributed by atoms with van der Waals surface area (Å²) in [4.78, 5) is 24.0. The van der Waals surface area contributed by atoms with Gasteiger partial charge in [0.25, 0.3) is 5.91 Å². The van der Waals surface area contributed by atoms with Crippen molar-refractivity contribution in [3.8, 4) is 5.75 Å². The Labute approximate surface area is 162 Å². The van der Waals surface area contributed by atoms with Gasteiger partial charge in [-0.1, -0.05) is 30.3 Å². The van der Waals surface area contributed by atoms with Crippen molar-refractivity contribution in [3.63, 3.8) is 0 Å². The number of nitrogens with one attached hydrogen (secondary N) is 1. The van der Waals surface area contributed by atoms with Gasteiger partial charge in [-0.2, -0.15) is 0 Å². The first kappa shape index (κ1) is 18.1. The van der Waals surface area contributed by atoms with Crippen LogP contribution >= 0.6 is 0 Å². The van der Waals surface area contributed by atoms with E-state index in [1.165, 1.54) is 5.56 Å². The SMILES string of the molecule is NC(=O)[C@H](NC(=O)COc1ccc2oc3c(c2c1)CCCC3)c1ccccc1. The number of benzene rings is 2. The van der Waals surface area contributed by atoms with Gasteiger partial charge in [-0.15, -0.1) is 0 Å². The number of amides is 2. The van der Waals surface area contributed by atoms with Crippen molar-refractivity contribution in [2.45, 2.75) is 31.7 Å². The van der Waals surface area contributed by atoms with E-state index >= 15 is 0 Å². The minimum atomic E-state index is -0.888. The van der Waals surface area contributed by atoms with Gasteiger partial charge in [0.05, 0.1) is 0 Å². The van der Waals surface area contributed by atoms with E-state index in [-0.39, 0.29) is 6.61 Å². The number of hydrogen-bond donors (Lipinski definition) is 2. The summed E-state index contributed by atoms with van der Waals surface area (Å²) in [5.41, 5.74) is 8.16. The van der Waals surface area contributed by atoms with Crippen LogP contribution in [0.4, 0.5) is 0 Å². The lowest BCUT2D eigenvalue weighted by molar-refractivity contribution is -0.128. The van der Waals surface area contributed by atoms with Crippen LogP contribution in [0, 0.1) is 0 Å². The van der Waals surface area contributed by atoms with Gasteiger partial charge in [-0.3, -0.25) is 9.59 Å². The molecule has 1 heterocycles. The molecule has 0 spiro atoms. The molecule has 0 radical (unpaired) electrons. The summed E-state index contributed by atoms with van der Waals surface area (Å²) in [6, 6.07) is 13.6. The minimum absolute atomic E-state index is 0.206. The summed E-state index contributed by atoms with van der Waals surface area (Å²) in [6.07, 6.45) is 4.28. The molecule has 1 aliphatic rings. The molecule has 4 rings (SSSR count). The van der Waals surface area contributed by atoms with Crippen molar-refractivity contribution in [2.75, 3.05) is 6.61 Å². The summed E-state index contributed by atoms with van der Waals surface area (Å²) in [5.74, 6) is 0.614. The van der Waals surface area contributed by atoms with Gasteiger partial charge >= 0.3 is 0 Å². The largest absolute Gasteiger partial charge is 0.484 e. The number of ether oxygens (including phenoxy) is 1. The van der Waals surface area contributed by atoms with Crippen molar-refractivity contribution in [3.05, 3.63) is 65.4 Å². The Kier molecular flexibility index (Phi) is 5.02. The first-order valence-corrected chi connectivity index (χ1v) is 9.42. The van der Waals surface area contributed by atoms with Crippen LogP contribution in [0.2, 0.25) is 0 Å². The molecule has 0 bridgehead atoms. The average molecular weight is 378 g/mol. The summed E-state index contributed by atoms with van der Waals surface area (Å²) in [6.45, 7) is -0.206. The Morgan fingerprint density at radius 2 is 1.89 bits per heavy atom. The minimum Gasteiger partial charge on any atom is -0.484 e. The highest BCUT2D eigenvalue weighted by atomic mass is 16.5. The number of primary amides is 1. The summed E-state index contributed by atoms with van der Waals surface area (Å²) >= 11 is 0. The second kappa shape index (κ2) is 7.76. The normalized spacial score (nSPS) is 14.3. The molecule has 3 aromatic rings. The maximum absolute atomic E-state index is 12.3. The fraction of sp³-hybridized carbons (Fsp3) is 0.273. The number of carbonyl (C=O) groups excluding carboxylic acids is 2. The maximum atomic E-state index is 12.3. The molecular weight excluding hydrogens is 356 g/mol. The highest BCUT2D eigenvalue weighted by Gasteiger charge is 2.21. The number of carbonyl (C=O) groups is 2. The fourth-order valence-electron chi connectivity index (χ4n) is 3.65. The molecule has 0 saturated heterocycles. The molecule has 1 atom stereocenters. The highest BCUT2D eigenvalue weighted by molar-refractivity contribution is 5.88. The Morgan fingerprint density at radius 3 is 2.68 bits per heavy atom. The van der Waals surface area contributed by atoms with E-state index in [9.17, 15) is 9.59 Å². The summed E-state index contributed by atoms with van der Waals surface area (Å²) in [7, 11) is 0. The van der Waals surface area contributed by atoms with Gasteiger partial charge in [-0.05, 0) is 43.0 Å². The molecule has 0 saturated carbocycles. The Morgan fingerprint density at radius 1 is 1.11 bits per heavy atom. The second-order valence-electron chi connectivity index (χ2n) is 6.97. The quantitative estimate of drug-likeness (QED) is 0.689. The van der Waals surface area contributed by atoms with Crippen LogP contribution in [-0.4, -0.2) is 18.4 Å². The number of aryl methyl sites for hydroxylation is 2. The molecule has 144 valence electrons. The fourth-order valence-corrected chi connectivity index (χ4v) is 3.65. The number of nitrogens with two attached hydrogens (primary N) is 1. The first-order valence-electron chi connectivity index (χ1n) is 9.42. The predicted octanol–water partition coefficient (Wildman–Crippen LogP) is 3.03. The Hall–Kier alpha value is -3.28. The van der Waals surface area contributed by atoms with Crippen molar-refractivity contribution >= 4 is 22.8 Å². The molecule has 1 aromatic heterocycles. The maximum Gasteiger partial charge on any atom is 0.258 e. The van der Waals surface area contributed by atoms with Crippen molar-refractivity contribution in [1.82, 2.24) is 5.32 Å². The molecule has 2 aromatic carbocycles. The topological polar surface area (TPSA) is 94.6 Å². The molecule has 1 aliphatic carbocycles. The smallest absolute Gasteiger partial charge is 0.258 e. The predicted molar refractivity (Wildman–Crippen MR) is 105 cm³/mol. The molecular formula is C22H22N2O4. The first-order chi connectivity index (χ1) is 13.6. The van der Waals surface area contributed by atoms with Crippen molar-refractivity contribution in [1.29, 1.82) is 0 Å². The van der Waals surface area contributed by atoms with Crippen LogP contribution in [0.5, 0.6) is 5.75 Å². The van der Waals surface area contributed by atoms with Crippen LogP contribution in [0.3, 0.4) is 0 Å². The standard InChI is InChI=1S/C22H22N2O4/c23-22(26)21(14-6-2-1-3-7-14)24-20(25)13-27-15-10-11-19-17(12-15)16-8-4-5-9-18(16)28-19/h1-3,6-7,10-12,21H,4-5,8-9,13H2,(H2,23,26)(H,24,25)/t21-/m1/s1. The molecule has 6 heteroatoms.